The van der Waals surface area contributed by atoms with Gasteiger partial charge in [0, 0.05) is 24.8 Å². The molecule has 0 saturated carbocycles. The molecule has 26 heavy (non-hydrogen) atoms. The molecule has 2 N–H and O–H groups in total. The number of aliphatic hydroxyl groups excluding tert-OH is 1. The zero-order valence-electron chi connectivity index (χ0n) is 14.8. The Morgan fingerprint density at radius 1 is 1.35 bits per heavy atom. The summed E-state index contributed by atoms with van der Waals surface area (Å²) in [6, 6.07) is 5.73. The average Bonchev–Trinajstić information content (AvgIpc) is 2.61. The van der Waals surface area contributed by atoms with Gasteiger partial charge >= 0.3 is 5.97 Å². The summed E-state index contributed by atoms with van der Waals surface area (Å²) in [5.41, 5.74) is 0.139. The molecule has 0 amide bonds. The highest BCUT2D eigenvalue weighted by Gasteiger charge is 2.49. The van der Waals surface area contributed by atoms with E-state index in [4.69, 9.17) is 0 Å². The quantitative estimate of drug-likeness (QED) is 0.870. The molecular formula is C19H22FN3O3. The number of hydrogen-bond acceptors (Lipinski definition) is 5. The molecule has 1 aromatic heterocycles. The van der Waals surface area contributed by atoms with Crippen molar-refractivity contribution in [3.05, 3.63) is 53.2 Å². The number of benzene rings is 1. The van der Waals surface area contributed by atoms with E-state index in [2.05, 4.69) is 9.97 Å². The summed E-state index contributed by atoms with van der Waals surface area (Å²) < 4.78 is 13.2. The van der Waals surface area contributed by atoms with Crippen molar-refractivity contribution in [1.29, 1.82) is 0 Å². The van der Waals surface area contributed by atoms with E-state index in [-0.39, 0.29) is 18.8 Å². The number of rotatable bonds is 4. The number of nitrogens with zero attached hydrogens (tertiary/aromatic N) is 3. The lowest BCUT2D eigenvalue weighted by Crippen LogP contribution is -2.57. The molecule has 138 valence electrons. The Balaban J connectivity index is 1.95. The standard InChI is InChI=1S/C19H22FN3O3/c1-12-10-21-13(2)22-17(12)23-8-7-16(24)19(11-23,18(25)26)9-14-3-5-15(20)6-4-14/h3-6,10,16,24H,7-9,11H2,1-2H3,(H,25,26)/t16-,19+/m0/s1. The average molecular weight is 359 g/mol. The Morgan fingerprint density at radius 3 is 2.69 bits per heavy atom. The number of hydrogen-bond donors (Lipinski definition) is 2. The summed E-state index contributed by atoms with van der Waals surface area (Å²) in [5, 5.41) is 20.6. The van der Waals surface area contributed by atoms with Gasteiger partial charge in [0.05, 0.1) is 6.10 Å². The lowest BCUT2D eigenvalue weighted by atomic mass is 9.72. The molecule has 6 nitrogen and oxygen atoms in total. The number of aliphatic carboxylic acids is 1. The molecule has 0 spiro atoms. The molecule has 1 saturated heterocycles. The fraction of sp³-hybridized carbons (Fsp3) is 0.421. The lowest BCUT2D eigenvalue weighted by Gasteiger charge is -2.44. The van der Waals surface area contributed by atoms with E-state index in [1.54, 1.807) is 25.3 Å². The number of carboxylic acids is 1. The van der Waals surface area contributed by atoms with Gasteiger partial charge in [0.1, 0.15) is 22.9 Å². The Hall–Kier alpha value is -2.54. The van der Waals surface area contributed by atoms with Gasteiger partial charge in [-0.3, -0.25) is 4.79 Å². The Labute approximate surface area is 151 Å². The van der Waals surface area contributed by atoms with Crippen molar-refractivity contribution in [2.45, 2.75) is 32.8 Å². The third-order valence-corrected chi connectivity index (χ3v) is 5.01. The Kier molecular flexibility index (Phi) is 4.91. The largest absolute Gasteiger partial charge is 0.481 e. The highest BCUT2D eigenvalue weighted by molar-refractivity contribution is 5.77. The predicted molar refractivity (Wildman–Crippen MR) is 94.5 cm³/mol. The summed E-state index contributed by atoms with van der Waals surface area (Å²) in [5.74, 6) is -0.149. The summed E-state index contributed by atoms with van der Waals surface area (Å²) in [4.78, 5) is 22.7. The van der Waals surface area contributed by atoms with Crippen molar-refractivity contribution in [3.8, 4) is 0 Å². The topological polar surface area (TPSA) is 86.5 Å². The minimum Gasteiger partial charge on any atom is -0.481 e. The van der Waals surface area contributed by atoms with E-state index in [1.807, 2.05) is 11.8 Å². The van der Waals surface area contributed by atoms with Gasteiger partial charge < -0.3 is 15.1 Å². The van der Waals surface area contributed by atoms with Crippen LogP contribution in [0.2, 0.25) is 0 Å². The second-order valence-corrected chi connectivity index (χ2v) is 6.91. The number of aliphatic hydroxyl groups is 1. The second-order valence-electron chi connectivity index (χ2n) is 6.91. The van der Waals surface area contributed by atoms with Crippen LogP contribution in [0.25, 0.3) is 0 Å². The molecular weight excluding hydrogens is 337 g/mol. The minimum absolute atomic E-state index is 0.114. The number of carbonyl (C=O) groups is 1. The minimum atomic E-state index is -1.39. The van der Waals surface area contributed by atoms with Crippen molar-refractivity contribution >= 4 is 11.8 Å². The van der Waals surface area contributed by atoms with E-state index in [1.165, 1.54) is 12.1 Å². The van der Waals surface area contributed by atoms with E-state index in [9.17, 15) is 19.4 Å². The van der Waals surface area contributed by atoms with Crippen molar-refractivity contribution in [1.82, 2.24) is 9.97 Å². The lowest BCUT2D eigenvalue weighted by molar-refractivity contribution is -0.157. The third kappa shape index (κ3) is 3.39. The van der Waals surface area contributed by atoms with Crippen molar-refractivity contribution in [2.75, 3.05) is 18.0 Å². The molecule has 1 aliphatic rings. The molecule has 0 radical (unpaired) electrons. The molecule has 0 bridgehead atoms. The molecule has 3 rings (SSSR count). The molecule has 0 aliphatic carbocycles. The Bertz CT molecular complexity index is 812. The molecule has 2 atom stereocenters. The van der Waals surface area contributed by atoms with E-state index >= 15 is 0 Å². The van der Waals surface area contributed by atoms with Crippen LogP contribution in [0, 0.1) is 25.1 Å². The normalized spacial score (nSPS) is 23.1. The SMILES string of the molecule is Cc1ncc(C)c(N2CC[C@H](O)[C@](Cc3ccc(F)cc3)(C(=O)O)C2)n1. The highest BCUT2D eigenvalue weighted by atomic mass is 19.1. The summed E-state index contributed by atoms with van der Waals surface area (Å²) in [7, 11) is 0. The number of carboxylic acid groups (broad SMARTS) is 1. The van der Waals surface area contributed by atoms with Gasteiger partial charge in [-0.1, -0.05) is 12.1 Å². The summed E-state index contributed by atoms with van der Waals surface area (Å²) >= 11 is 0. The van der Waals surface area contributed by atoms with Crippen molar-refractivity contribution in [3.63, 3.8) is 0 Å². The number of anilines is 1. The number of aromatic nitrogens is 2. The van der Waals surface area contributed by atoms with Crippen LogP contribution in [-0.4, -0.2) is 45.3 Å². The third-order valence-electron chi connectivity index (χ3n) is 5.01. The number of piperidine rings is 1. The van der Waals surface area contributed by atoms with Crippen LogP contribution >= 0.6 is 0 Å². The van der Waals surface area contributed by atoms with Crippen LogP contribution in [-0.2, 0) is 11.2 Å². The van der Waals surface area contributed by atoms with Gasteiger partial charge in [-0.2, -0.15) is 0 Å². The highest BCUT2D eigenvalue weighted by Crippen LogP contribution is 2.37. The van der Waals surface area contributed by atoms with Crippen LogP contribution in [0.3, 0.4) is 0 Å². The fourth-order valence-corrected chi connectivity index (χ4v) is 3.52. The molecule has 2 aromatic rings. The van der Waals surface area contributed by atoms with Gasteiger partial charge in [-0.25, -0.2) is 14.4 Å². The number of halogens is 1. The molecule has 7 heteroatoms. The maximum atomic E-state index is 13.2. The van der Waals surface area contributed by atoms with Crippen molar-refractivity contribution in [2.24, 2.45) is 5.41 Å². The van der Waals surface area contributed by atoms with Crippen molar-refractivity contribution < 1.29 is 19.4 Å². The molecule has 1 aliphatic heterocycles. The maximum Gasteiger partial charge on any atom is 0.314 e. The van der Waals surface area contributed by atoms with Crippen LogP contribution in [0.5, 0.6) is 0 Å². The van der Waals surface area contributed by atoms with Crippen LogP contribution in [0.1, 0.15) is 23.4 Å². The van der Waals surface area contributed by atoms with Crippen LogP contribution in [0.4, 0.5) is 10.2 Å². The van der Waals surface area contributed by atoms with Gasteiger partial charge in [-0.05, 0) is 44.4 Å². The predicted octanol–water partition coefficient (Wildman–Crippen LogP) is 2.12. The molecule has 0 unspecified atom stereocenters. The van der Waals surface area contributed by atoms with Crippen LogP contribution in [0.15, 0.2) is 30.5 Å². The Morgan fingerprint density at radius 2 is 2.04 bits per heavy atom. The van der Waals surface area contributed by atoms with Gasteiger partial charge in [0.15, 0.2) is 0 Å². The summed E-state index contributed by atoms with van der Waals surface area (Å²) in [6.45, 7) is 4.29. The van der Waals surface area contributed by atoms with Crippen LogP contribution < -0.4 is 4.90 Å². The zero-order chi connectivity index (χ0) is 18.9. The number of aryl methyl sites for hydroxylation is 2. The first-order valence-electron chi connectivity index (χ1n) is 8.53. The van der Waals surface area contributed by atoms with E-state index < -0.39 is 17.5 Å². The first-order valence-corrected chi connectivity index (χ1v) is 8.53. The fourth-order valence-electron chi connectivity index (χ4n) is 3.52. The first kappa shape index (κ1) is 18.3. The zero-order valence-corrected chi connectivity index (χ0v) is 14.8. The van der Waals surface area contributed by atoms with E-state index in [0.717, 1.165) is 5.56 Å². The smallest absolute Gasteiger partial charge is 0.314 e. The second kappa shape index (κ2) is 6.99. The first-order chi connectivity index (χ1) is 12.3. The molecule has 2 heterocycles. The molecule has 1 fully saturated rings. The van der Waals surface area contributed by atoms with Gasteiger partial charge in [-0.15, -0.1) is 0 Å². The van der Waals surface area contributed by atoms with E-state index in [0.29, 0.717) is 30.2 Å². The van der Waals surface area contributed by atoms with Gasteiger partial charge in [0.2, 0.25) is 0 Å². The molecule has 1 aromatic carbocycles. The maximum absolute atomic E-state index is 13.2. The monoisotopic (exact) mass is 359 g/mol. The summed E-state index contributed by atoms with van der Waals surface area (Å²) in [6.07, 6.45) is 1.15. The van der Waals surface area contributed by atoms with Gasteiger partial charge in [0.25, 0.3) is 0 Å².